The quantitative estimate of drug-likeness (QED) is 0.298. The van der Waals surface area contributed by atoms with Crippen molar-refractivity contribution in [2.45, 2.75) is 34.6 Å². The van der Waals surface area contributed by atoms with Gasteiger partial charge in [-0.05, 0) is 48.9 Å². The number of anilines is 1. The number of nitrogens with zero attached hydrogens (tertiary/aromatic N) is 5. The van der Waals surface area contributed by atoms with Crippen LogP contribution in [0.3, 0.4) is 0 Å². The summed E-state index contributed by atoms with van der Waals surface area (Å²) in [6, 6.07) is 18.0. The standard InChI is InChI=1S/C25H20N6O4S3/c1-2-12-31-18-11-10-15(13-20(18)36-19-8-4-3-6-16(19)25(31)32)24-27-22(35-28-24)14-26-38(33,34)21-9-5-7-17-23(21)30-37-29-17/h3-11,13,26H,2,12,14H2,1H3. The molecule has 0 saturated heterocycles. The fourth-order valence-corrected chi connectivity index (χ4v) is 7.04. The van der Waals surface area contributed by atoms with Crippen molar-refractivity contribution in [2.24, 2.45) is 0 Å². The van der Waals surface area contributed by atoms with E-state index in [0.29, 0.717) is 34.5 Å². The predicted molar refractivity (Wildman–Crippen MR) is 144 cm³/mol. The maximum Gasteiger partial charge on any atom is 0.259 e. The molecule has 6 rings (SSSR count). The number of rotatable bonds is 7. The molecule has 0 atom stereocenters. The van der Waals surface area contributed by atoms with Crippen molar-refractivity contribution in [3.63, 3.8) is 0 Å². The SMILES string of the molecule is CCCN1C(=O)c2ccccc2Sc2cc(-c3noc(CNS(=O)(=O)c4cccc5nsnc45)n3)ccc21. The van der Waals surface area contributed by atoms with E-state index in [9.17, 15) is 13.2 Å². The van der Waals surface area contributed by atoms with Gasteiger partial charge in [-0.3, -0.25) is 4.79 Å². The average molecular weight is 565 g/mol. The number of aromatic nitrogens is 4. The van der Waals surface area contributed by atoms with Gasteiger partial charge in [-0.25, -0.2) is 13.1 Å². The molecule has 0 spiro atoms. The Hall–Kier alpha value is -3.65. The zero-order chi connectivity index (χ0) is 26.3. The molecule has 3 aromatic carbocycles. The Morgan fingerprint density at radius 1 is 1.03 bits per heavy atom. The van der Waals surface area contributed by atoms with Gasteiger partial charge in [0.2, 0.25) is 21.7 Å². The van der Waals surface area contributed by atoms with Crippen LogP contribution in [-0.2, 0) is 16.6 Å². The first-order valence-electron chi connectivity index (χ1n) is 11.7. The summed E-state index contributed by atoms with van der Waals surface area (Å²) in [7, 11) is -3.89. The molecule has 3 heterocycles. The van der Waals surface area contributed by atoms with Crippen LogP contribution >= 0.6 is 23.5 Å². The first-order chi connectivity index (χ1) is 18.4. The highest BCUT2D eigenvalue weighted by atomic mass is 32.2. The van der Waals surface area contributed by atoms with Crippen LogP contribution in [0.5, 0.6) is 0 Å². The fraction of sp³-hybridized carbons (Fsp3) is 0.160. The van der Waals surface area contributed by atoms with Gasteiger partial charge in [0.15, 0.2) is 0 Å². The Morgan fingerprint density at radius 3 is 2.76 bits per heavy atom. The van der Waals surface area contributed by atoms with Gasteiger partial charge in [-0.2, -0.15) is 13.7 Å². The van der Waals surface area contributed by atoms with Crippen LogP contribution in [0, 0.1) is 0 Å². The van der Waals surface area contributed by atoms with E-state index < -0.39 is 10.0 Å². The summed E-state index contributed by atoms with van der Waals surface area (Å²) in [5.74, 6) is 0.405. The van der Waals surface area contributed by atoms with Gasteiger partial charge >= 0.3 is 0 Å². The summed E-state index contributed by atoms with van der Waals surface area (Å²) in [4.78, 5) is 21.3. The molecule has 2 aromatic heterocycles. The molecule has 0 fully saturated rings. The number of carbonyl (C=O) groups is 1. The van der Waals surface area contributed by atoms with Crippen LogP contribution in [0.2, 0.25) is 0 Å². The third-order valence-electron chi connectivity index (χ3n) is 5.96. The summed E-state index contributed by atoms with van der Waals surface area (Å²) in [5.41, 5.74) is 3.01. The summed E-state index contributed by atoms with van der Waals surface area (Å²) in [6.07, 6.45) is 0.817. The molecule has 192 valence electrons. The van der Waals surface area contributed by atoms with E-state index in [4.69, 9.17) is 4.52 Å². The van der Waals surface area contributed by atoms with Crippen molar-refractivity contribution >= 4 is 56.1 Å². The Kier molecular flexibility index (Phi) is 6.43. The molecule has 0 radical (unpaired) electrons. The highest BCUT2D eigenvalue weighted by Gasteiger charge is 2.27. The van der Waals surface area contributed by atoms with Gasteiger partial charge < -0.3 is 9.42 Å². The third-order valence-corrected chi connectivity index (χ3v) is 9.06. The van der Waals surface area contributed by atoms with Crippen LogP contribution in [0.1, 0.15) is 29.6 Å². The summed E-state index contributed by atoms with van der Waals surface area (Å²) in [6.45, 7) is 2.45. The lowest BCUT2D eigenvalue weighted by atomic mass is 10.1. The van der Waals surface area contributed by atoms with Crippen molar-refractivity contribution in [2.75, 3.05) is 11.4 Å². The van der Waals surface area contributed by atoms with E-state index in [1.807, 2.05) is 49.4 Å². The first-order valence-corrected chi connectivity index (χ1v) is 14.7. The summed E-state index contributed by atoms with van der Waals surface area (Å²) < 4.78 is 41.8. The van der Waals surface area contributed by atoms with Crippen LogP contribution < -0.4 is 9.62 Å². The maximum absolute atomic E-state index is 13.3. The lowest BCUT2D eigenvalue weighted by molar-refractivity contribution is 0.0984. The smallest absolute Gasteiger partial charge is 0.259 e. The van der Waals surface area contributed by atoms with E-state index >= 15 is 0 Å². The van der Waals surface area contributed by atoms with Crippen molar-refractivity contribution in [3.05, 3.63) is 72.1 Å². The van der Waals surface area contributed by atoms with Crippen molar-refractivity contribution < 1.29 is 17.7 Å². The molecule has 5 aromatic rings. The molecule has 1 aliphatic rings. The van der Waals surface area contributed by atoms with Gasteiger partial charge in [0.05, 0.1) is 29.5 Å². The minimum atomic E-state index is -3.89. The van der Waals surface area contributed by atoms with E-state index in [1.165, 1.54) is 17.8 Å². The van der Waals surface area contributed by atoms with Crippen molar-refractivity contribution in [1.82, 2.24) is 23.6 Å². The molecule has 38 heavy (non-hydrogen) atoms. The van der Waals surface area contributed by atoms with Crippen LogP contribution in [0.15, 0.2) is 79.9 Å². The molecular weight excluding hydrogens is 545 g/mol. The number of benzene rings is 3. The number of carbonyl (C=O) groups excluding carboxylic acids is 1. The zero-order valence-electron chi connectivity index (χ0n) is 20.0. The van der Waals surface area contributed by atoms with Gasteiger partial charge in [-0.1, -0.05) is 42.0 Å². The molecule has 1 N–H and O–H groups in total. The Morgan fingerprint density at radius 2 is 1.89 bits per heavy atom. The van der Waals surface area contributed by atoms with Gasteiger partial charge in [-0.15, -0.1) is 0 Å². The molecule has 0 unspecified atom stereocenters. The normalized spacial score (nSPS) is 13.4. The highest BCUT2D eigenvalue weighted by Crippen LogP contribution is 2.42. The van der Waals surface area contributed by atoms with Gasteiger partial charge in [0.25, 0.3) is 5.91 Å². The molecule has 13 heteroatoms. The van der Waals surface area contributed by atoms with E-state index in [0.717, 1.165) is 33.6 Å². The number of amides is 1. The fourth-order valence-electron chi connectivity index (χ4n) is 4.19. The molecule has 10 nitrogen and oxygen atoms in total. The van der Waals surface area contributed by atoms with Gasteiger partial charge in [0, 0.05) is 21.9 Å². The molecule has 1 aliphatic heterocycles. The topological polar surface area (TPSA) is 131 Å². The number of hydrogen-bond acceptors (Lipinski definition) is 10. The average Bonchev–Trinajstić information content (AvgIpc) is 3.58. The first kappa shape index (κ1) is 24.7. The molecule has 0 bridgehead atoms. The summed E-state index contributed by atoms with van der Waals surface area (Å²) in [5, 5.41) is 4.06. The highest BCUT2D eigenvalue weighted by molar-refractivity contribution is 7.99. The second-order valence-corrected chi connectivity index (χ2v) is 11.8. The monoisotopic (exact) mass is 564 g/mol. The molecule has 0 aliphatic carbocycles. The van der Waals surface area contributed by atoms with Crippen LogP contribution in [-0.4, -0.2) is 39.8 Å². The Bertz CT molecular complexity index is 1780. The van der Waals surface area contributed by atoms with Crippen molar-refractivity contribution in [1.29, 1.82) is 0 Å². The van der Waals surface area contributed by atoms with Gasteiger partial charge in [0.1, 0.15) is 15.9 Å². The molecular formula is C25H20N6O4S3. The largest absolute Gasteiger partial charge is 0.338 e. The minimum Gasteiger partial charge on any atom is -0.338 e. The maximum atomic E-state index is 13.3. The number of hydrogen-bond donors (Lipinski definition) is 1. The predicted octanol–water partition coefficient (Wildman–Crippen LogP) is 4.74. The molecule has 0 saturated carbocycles. The van der Waals surface area contributed by atoms with Crippen molar-refractivity contribution in [3.8, 4) is 11.4 Å². The Labute approximate surface area is 226 Å². The lowest BCUT2D eigenvalue weighted by Crippen LogP contribution is -2.31. The van der Waals surface area contributed by atoms with Crippen LogP contribution in [0.25, 0.3) is 22.4 Å². The Balaban J connectivity index is 1.26. The zero-order valence-corrected chi connectivity index (χ0v) is 22.4. The molecule has 1 amide bonds. The second-order valence-electron chi connectivity index (χ2n) is 8.46. The van der Waals surface area contributed by atoms with Crippen LogP contribution in [0.4, 0.5) is 5.69 Å². The van der Waals surface area contributed by atoms with E-state index in [-0.39, 0.29) is 23.2 Å². The third kappa shape index (κ3) is 4.47. The number of fused-ring (bicyclic) bond motifs is 3. The second kappa shape index (κ2) is 9.91. The minimum absolute atomic E-state index is 0.0281. The number of sulfonamides is 1. The lowest BCUT2D eigenvalue weighted by Gasteiger charge is -2.22. The van der Waals surface area contributed by atoms with E-state index in [1.54, 1.807) is 17.0 Å². The van der Waals surface area contributed by atoms with E-state index in [2.05, 4.69) is 23.6 Å². The number of nitrogens with one attached hydrogen (secondary N) is 1. The summed E-state index contributed by atoms with van der Waals surface area (Å²) >= 11 is 2.47.